The van der Waals surface area contributed by atoms with Crippen molar-refractivity contribution in [1.29, 1.82) is 0 Å². The lowest BCUT2D eigenvalue weighted by Crippen LogP contribution is -2.38. The van der Waals surface area contributed by atoms with Crippen molar-refractivity contribution in [1.82, 2.24) is 0 Å². The van der Waals surface area contributed by atoms with Crippen LogP contribution in [-0.2, 0) is 16.0 Å². The topological polar surface area (TPSA) is 59.8 Å². The Morgan fingerprint density at radius 1 is 0.917 bits per heavy atom. The Labute approximate surface area is 211 Å². The molecule has 4 aromatic rings. The second-order valence-corrected chi connectivity index (χ2v) is 10.8. The molecule has 10 heteroatoms. The Hall–Kier alpha value is -3.17. The molecule has 2 heterocycles. The van der Waals surface area contributed by atoms with Gasteiger partial charge >= 0.3 is 6.18 Å². The molecule has 36 heavy (non-hydrogen) atoms. The molecule has 5 rings (SSSR count). The van der Waals surface area contributed by atoms with Gasteiger partial charge in [0.2, 0.25) is 15.7 Å². The van der Waals surface area contributed by atoms with Gasteiger partial charge in [0.1, 0.15) is 22.3 Å². The highest BCUT2D eigenvalue weighted by atomic mass is 35.5. The second-order valence-electron chi connectivity index (χ2n) is 8.52. The first-order valence-corrected chi connectivity index (χ1v) is 13.1. The number of benzene rings is 3. The number of ether oxygens (including phenoxy) is 1. The fourth-order valence-corrected chi connectivity index (χ4v) is 6.01. The molecule has 0 N–H and O–H groups in total. The summed E-state index contributed by atoms with van der Waals surface area (Å²) in [6.07, 6.45) is -3.55. The van der Waals surface area contributed by atoms with Crippen LogP contribution in [0, 0.1) is 0 Å². The van der Waals surface area contributed by atoms with Crippen LogP contribution in [0.15, 0.2) is 87.0 Å². The van der Waals surface area contributed by atoms with Crippen LogP contribution in [0.2, 0.25) is 5.02 Å². The minimum Gasteiger partial charge on any atom is -0.490 e. The van der Waals surface area contributed by atoms with E-state index in [1.54, 1.807) is 24.3 Å². The molecule has 0 spiro atoms. The van der Waals surface area contributed by atoms with Gasteiger partial charge in [-0.15, -0.1) is 0 Å². The molecule has 0 unspecified atom stereocenters. The lowest BCUT2D eigenvalue weighted by Gasteiger charge is -2.32. The molecule has 0 aliphatic carbocycles. The van der Waals surface area contributed by atoms with Gasteiger partial charge in [-0.2, -0.15) is 13.2 Å². The molecule has 1 aromatic heterocycles. The van der Waals surface area contributed by atoms with Crippen molar-refractivity contribution in [3.8, 4) is 5.75 Å². The predicted octanol–water partition coefficient (Wildman–Crippen LogP) is 6.99. The van der Waals surface area contributed by atoms with E-state index in [4.69, 9.17) is 20.8 Å². The highest BCUT2D eigenvalue weighted by Crippen LogP contribution is 2.40. The molecule has 0 saturated carbocycles. The van der Waals surface area contributed by atoms with Crippen LogP contribution in [0.25, 0.3) is 11.0 Å². The quantitative estimate of drug-likeness (QED) is 0.276. The van der Waals surface area contributed by atoms with Crippen LogP contribution < -0.4 is 9.64 Å². The van der Waals surface area contributed by atoms with Crippen LogP contribution >= 0.6 is 11.6 Å². The van der Waals surface area contributed by atoms with Crippen molar-refractivity contribution in [2.75, 3.05) is 18.0 Å². The largest absolute Gasteiger partial charge is 0.490 e. The van der Waals surface area contributed by atoms with Gasteiger partial charge < -0.3 is 14.1 Å². The molecule has 188 valence electrons. The highest BCUT2D eigenvalue weighted by Gasteiger charge is 2.33. The van der Waals surface area contributed by atoms with E-state index in [-0.39, 0.29) is 21.8 Å². The van der Waals surface area contributed by atoms with E-state index in [2.05, 4.69) is 0 Å². The molecule has 1 fully saturated rings. The number of hydrogen-bond acceptors (Lipinski definition) is 5. The van der Waals surface area contributed by atoms with E-state index < -0.39 is 21.6 Å². The summed E-state index contributed by atoms with van der Waals surface area (Å²) in [4.78, 5) is 2.08. The van der Waals surface area contributed by atoms with E-state index in [9.17, 15) is 21.6 Å². The summed E-state index contributed by atoms with van der Waals surface area (Å²) in [5.41, 5.74) is -0.271. The van der Waals surface area contributed by atoms with Gasteiger partial charge in [0, 0.05) is 36.3 Å². The number of anilines is 1. The summed E-state index contributed by atoms with van der Waals surface area (Å²) in [5, 5.41) is 0.923. The summed E-state index contributed by atoms with van der Waals surface area (Å²) in [7, 11) is -3.91. The molecule has 3 aromatic carbocycles. The molecular weight excluding hydrogens is 515 g/mol. The van der Waals surface area contributed by atoms with Gasteiger partial charge in [-0.25, -0.2) is 8.42 Å². The molecular formula is C26H21ClF3NO4S. The summed E-state index contributed by atoms with van der Waals surface area (Å²) in [5.74, 6) is 0.621. The van der Waals surface area contributed by atoms with Gasteiger partial charge in [-0.1, -0.05) is 23.7 Å². The average molecular weight is 536 g/mol. The van der Waals surface area contributed by atoms with Gasteiger partial charge in [0.15, 0.2) is 0 Å². The number of para-hydroxylation sites is 1. The highest BCUT2D eigenvalue weighted by molar-refractivity contribution is 7.92. The second kappa shape index (κ2) is 9.37. The van der Waals surface area contributed by atoms with E-state index >= 15 is 0 Å². The molecule has 5 nitrogen and oxygen atoms in total. The van der Waals surface area contributed by atoms with E-state index in [0.717, 1.165) is 12.1 Å². The van der Waals surface area contributed by atoms with Crippen LogP contribution in [0.5, 0.6) is 5.75 Å². The third kappa shape index (κ3) is 4.77. The summed E-state index contributed by atoms with van der Waals surface area (Å²) < 4.78 is 77.6. The zero-order valence-electron chi connectivity index (χ0n) is 18.8. The molecule has 1 aliphatic rings. The number of rotatable bonds is 5. The first-order chi connectivity index (χ1) is 17.1. The Balaban J connectivity index is 1.38. The van der Waals surface area contributed by atoms with Crippen molar-refractivity contribution in [3.63, 3.8) is 0 Å². The number of sulfone groups is 1. The van der Waals surface area contributed by atoms with Crippen LogP contribution in [-0.4, -0.2) is 27.6 Å². The van der Waals surface area contributed by atoms with Crippen LogP contribution in [0.1, 0.15) is 18.4 Å². The van der Waals surface area contributed by atoms with Crippen molar-refractivity contribution in [2.45, 2.75) is 34.9 Å². The van der Waals surface area contributed by atoms with E-state index in [1.807, 2.05) is 4.90 Å². The number of nitrogens with zero attached hydrogens (tertiary/aromatic N) is 1. The molecule has 0 amide bonds. The lowest BCUT2D eigenvalue weighted by molar-refractivity contribution is -0.137. The van der Waals surface area contributed by atoms with Crippen LogP contribution in [0.4, 0.5) is 19.1 Å². The molecule has 0 bridgehead atoms. The number of furan rings is 1. The maximum atomic E-state index is 13.7. The molecule has 0 atom stereocenters. The summed E-state index contributed by atoms with van der Waals surface area (Å²) >= 11 is 5.95. The minimum atomic E-state index is -4.40. The number of hydrogen-bond donors (Lipinski definition) is 0. The van der Waals surface area contributed by atoms with Crippen molar-refractivity contribution < 1.29 is 30.7 Å². The standard InChI is InChI=1S/C26H21ClF3NO4S/c27-18-7-11-21(12-8-18)36(32,33)24-22-3-1-2-4-23(22)35-25(24)31-15-13-20(14-16-31)34-19-9-5-17(6-10-19)26(28,29)30/h1-12,20H,13-16H2. The van der Waals surface area contributed by atoms with Crippen molar-refractivity contribution >= 4 is 38.3 Å². The molecule has 0 radical (unpaired) electrons. The van der Waals surface area contributed by atoms with Gasteiger partial charge in [-0.3, -0.25) is 0 Å². The Kier molecular flexibility index (Phi) is 6.38. The SMILES string of the molecule is O=S(=O)(c1ccc(Cl)cc1)c1c(N2CCC(Oc3ccc(C(F)(F)F)cc3)CC2)oc2ccccc12. The normalized spacial score (nSPS) is 15.4. The minimum absolute atomic E-state index is 0.0996. The third-order valence-corrected chi connectivity index (χ3v) is 8.22. The van der Waals surface area contributed by atoms with E-state index in [1.165, 1.54) is 36.4 Å². The van der Waals surface area contributed by atoms with Crippen molar-refractivity contribution in [2.24, 2.45) is 0 Å². The third-order valence-electron chi connectivity index (χ3n) is 6.14. The average Bonchev–Trinajstić information content (AvgIpc) is 3.25. The number of fused-ring (bicyclic) bond motifs is 1. The maximum absolute atomic E-state index is 13.7. The summed E-state index contributed by atoms with van der Waals surface area (Å²) in [6.45, 7) is 0.905. The summed E-state index contributed by atoms with van der Waals surface area (Å²) in [6, 6.07) is 17.6. The van der Waals surface area contributed by atoms with Gasteiger partial charge in [0.05, 0.1) is 10.5 Å². The number of alkyl halides is 3. The first-order valence-electron chi connectivity index (χ1n) is 11.2. The van der Waals surface area contributed by atoms with Crippen molar-refractivity contribution in [3.05, 3.63) is 83.4 Å². The zero-order chi connectivity index (χ0) is 25.5. The van der Waals surface area contributed by atoms with Gasteiger partial charge in [0.25, 0.3) is 0 Å². The van der Waals surface area contributed by atoms with Gasteiger partial charge in [-0.05, 0) is 60.7 Å². The molecule has 1 saturated heterocycles. The fourth-order valence-electron chi connectivity index (χ4n) is 4.30. The Morgan fingerprint density at radius 2 is 1.56 bits per heavy atom. The first kappa shape index (κ1) is 24.5. The predicted molar refractivity (Wildman–Crippen MR) is 130 cm³/mol. The fraction of sp³-hybridized carbons (Fsp3) is 0.231. The monoisotopic (exact) mass is 535 g/mol. The lowest BCUT2D eigenvalue weighted by atomic mass is 10.1. The van der Waals surface area contributed by atoms with E-state index in [0.29, 0.717) is 47.7 Å². The zero-order valence-corrected chi connectivity index (χ0v) is 20.4. The van der Waals surface area contributed by atoms with Crippen LogP contribution in [0.3, 0.4) is 0 Å². The molecule has 1 aliphatic heterocycles. The maximum Gasteiger partial charge on any atom is 0.416 e. The number of halogens is 4. The Bertz CT molecular complexity index is 1470. The number of piperidine rings is 1. The smallest absolute Gasteiger partial charge is 0.416 e. The Morgan fingerprint density at radius 3 is 2.19 bits per heavy atom.